The molecule has 104 valence electrons. The lowest BCUT2D eigenvalue weighted by molar-refractivity contribution is 0.602. The van der Waals surface area contributed by atoms with Crippen molar-refractivity contribution in [2.24, 2.45) is 7.05 Å². The van der Waals surface area contributed by atoms with Crippen molar-refractivity contribution < 1.29 is 8.42 Å². The van der Waals surface area contributed by atoms with Crippen LogP contribution in [0.1, 0.15) is 12.5 Å². The number of likely N-dealkylation sites (N-methyl/N-ethyl adjacent to an activating group) is 1. The van der Waals surface area contributed by atoms with Gasteiger partial charge in [-0.3, -0.25) is 0 Å². The van der Waals surface area contributed by atoms with Crippen LogP contribution in [0.3, 0.4) is 0 Å². The number of benzene rings is 1. The van der Waals surface area contributed by atoms with E-state index in [1.54, 1.807) is 12.1 Å². The van der Waals surface area contributed by atoms with E-state index in [1.807, 2.05) is 24.7 Å². The van der Waals surface area contributed by atoms with Crippen molar-refractivity contribution in [2.75, 3.05) is 13.3 Å². The summed E-state index contributed by atoms with van der Waals surface area (Å²) in [6, 6.07) is 5.68. The van der Waals surface area contributed by atoms with Crippen LogP contribution in [0.25, 0.3) is 10.9 Å². The van der Waals surface area contributed by atoms with Crippen LogP contribution in [0.2, 0.25) is 0 Å². The molecule has 5 heteroatoms. The normalized spacial score (nSPS) is 13.9. The second-order valence-corrected chi connectivity index (χ2v) is 7.13. The summed E-state index contributed by atoms with van der Waals surface area (Å²) in [5, 5.41) is 4.23. The number of hydrogen-bond donors (Lipinski definition) is 1. The van der Waals surface area contributed by atoms with Gasteiger partial charge in [-0.15, -0.1) is 0 Å². The Bertz CT molecular complexity index is 702. The summed E-state index contributed by atoms with van der Waals surface area (Å²) in [5.41, 5.74) is 2.23. The standard InChI is InChI=1S/C14H20N2O2S/c1-10(15-2)7-11-9-16(3)14-6-5-12(8-13(11)14)19(4,17)18/h5-6,8-10,15H,7H2,1-4H3. The molecule has 0 spiro atoms. The van der Waals surface area contributed by atoms with Gasteiger partial charge in [-0.05, 0) is 44.2 Å². The molecule has 0 aliphatic rings. The highest BCUT2D eigenvalue weighted by Gasteiger charge is 2.13. The number of nitrogens with zero attached hydrogens (tertiary/aromatic N) is 1. The van der Waals surface area contributed by atoms with Crippen LogP contribution in [-0.2, 0) is 23.3 Å². The largest absolute Gasteiger partial charge is 0.350 e. The van der Waals surface area contributed by atoms with Crippen LogP contribution >= 0.6 is 0 Å². The van der Waals surface area contributed by atoms with Crippen LogP contribution in [0.15, 0.2) is 29.3 Å². The first-order chi connectivity index (χ1) is 8.82. The first kappa shape index (κ1) is 14.1. The van der Waals surface area contributed by atoms with Crippen molar-refractivity contribution in [1.29, 1.82) is 0 Å². The van der Waals surface area contributed by atoms with E-state index >= 15 is 0 Å². The summed E-state index contributed by atoms with van der Waals surface area (Å²) in [4.78, 5) is 0.379. The van der Waals surface area contributed by atoms with Gasteiger partial charge in [0.05, 0.1) is 4.90 Å². The third-order valence-corrected chi connectivity index (χ3v) is 4.60. The molecule has 0 fully saturated rings. The van der Waals surface area contributed by atoms with Crippen LogP contribution in [0, 0.1) is 0 Å². The fourth-order valence-electron chi connectivity index (χ4n) is 2.28. The SMILES string of the molecule is CNC(C)Cc1cn(C)c2ccc(S(C)(=O)=O)cc12. The molecule has 0 amide bonds. The van der Waals surface area contributed by atoms with Gasteiger partial charge in [0.25, 0.3) is 0 Å². The van der Waals surface area contributed by atoms with E-state index in [0.717, 1.165) is 17.3 Å². The predicted octanol–water partition coefficient (Wildman–Crippen LogP) is 1.73. The fraction of sp³-hybridized carbons (Fsp3) is 0.429. The molecule has 1 aromatic heterocycles. The van der Waals surface area contributed by atoms with Crippen molar-refractivity contribution in [3.63, 3.8) is 0 Å². The Kier molecular flexibility index (Phi) is 3.69. The van der Waals surface area contributed by atoms with Gasteiger partial charge in [-0.25, -0.2) is 8.42 Å². The summed E-state index contributed by atoms with van der Waals surface area (Å²) >= 11 is 0. The zero-order valence-corrected chi connectivity index (χ0v) is 12.6. The molecule has 2 aromatic rings. The Labute approximate surface area is 114 Å². The maximum atomic E-state index is 11.7. The van der Waals surface area contributed by atoms with Crippen LogP contribution in [0.5, 0.6) is 0 Å². The summed E-state index contributed by atoms with van der Waals surface area (Å²) in [5.74, 6) is 0. The van der Waals surface area contributed by atoms with E-state index in [-0.39, 0.29) is 0 Å². The lowest BCUT2D eigenvalue weighted by Gasteiger charge is -2.08. The topological polar surface area (TPSA) is 51.1 Å². The minimum absolute atomic E-state index is 0.354. The van der Waals surface area contributed by atoms with Gasteiger partial charge >= 0.3 is 0 Å². The minimum Gasteiger partial charge on any atom is -0.350 e. The van der Waals surface area contributed by atoms with E-state index < -0.39 is 9.84 Å². The summed E-state index contributed by atoms with van der Waals surface area (Å²) < 4.78 is 25.3. The zero-order valence-electron chi connectivity index (χ0n) is 11.8. The number of aryl methyl sites for hydroxylation is 1. The predicted molar refractivity (Wildman–Crippen MR) is 78.3 cm³/mol. The molecule has 0 radical (unpaired) electrons. The molecule has 1 atom stereocenters. The Morgan fingerprint density at radius 2 is 2.05 bits per heavy atom. The van der Waals surface area contributed by atoms with E-state index in [9.17, 15) is 8.42 Å². The molecule has 4 nitrogen and oxygen atoms in total. The van der Waals surface area contributed by atoms with Gasteiger partial charge in [0.1, 0.15) is 0 Å². The van der Waals surface area contributed by atoms with Gasteiger partial charge in [0, 0.05) is 36.4 Å². The van der Waals surface area contributed by atoms with Gasteiger partial charge in [0.15, 0.2) is 9.84 Å². The van der Waals surface area contributed by atoms with E-state index in [1.165, 1.54) is 11.8 Å². The van der Waals surface area contributed by atoms with Crippen LogP contribution in [-0.4, -0.2) is 32.3 Å². The molecule has 0 aliphatic heterocycles. The first-order valence-electron chi connectivity index (χ1n) is 6.28. The molecular formula is C14H20N2O2S. The molecule has 1 aromatic carbocycles. The Balaban J connectivity index is 2.59. The highest BCUT2D eigenvalue weighted by molar-refractivity contribution is 7.90. The average molecular weight is 280 g/mol. The van der Waals surface area contributed by atoms with Crippen LogP contribution < -0.4 is 5.32 Å². The molecule has 1 N–H and O–H groups in total. The van der Waals surface area contributed by atoms with Crippen LogP contribution in [0.4, 0.5) is 0 Å². The Morgan fingerprint density at radius 1 is 1.37 bits per heavy atom. The molecular weight excluding hydrogens is 260 g/mol. The molecule has 2 rings (SSSR count). The number of nitrogens with one attached hydrogen (secondary N) is 1. The van der Waals surface area contributed by atoms with Crippen molar-refractivity contribution >= 4 is 20.7 Å². The maximum absolute atomic E-state index is 11.7. The van der Waals surface area contributed by atoms with E-state index in [0.29, 0.717) is 10.9 Å². The minimum atomic E-state index is -3.16. The highest BCUT2D eigenvalue weighted by Crippen LogP contribution is 2.25. The van der Waals surface area contributed by atoms with Crippen molar-refractivity contribution in [3.05, 3.63) is 30.0 Å². The van der Waals surface area contributed by atoms with E-state index in [2.05, 4.69) is 18.4 Å². The molecule has 1 unspecified atom stereocenters. The lowest BCUT2D eigenvalue weighted by Crippen LogP contribution is -2.23. The van der Waals surface area contributed by atoms with Gasteiger partial charge in [0.2, 0.25) is 0 Å². The zero-order chi connectivity index (χ0) is 14.2. The lowest BCUT2D eigenvalue weighted by atomic mass is 10.1. The second kappa shape index (κ2) is 4.98. The summed E-state index contributed by atoms with van der Waals surface area (Å²) in [7, 11) is 0.750. The Morgan fingerprint density at radius 3 is 2.63 bits per heavy atom. The third kappa shape index (κ3) is 2.82. The number of fused-ring (bicyclic) bond motifs is 1. The fourth-order valence-corrected chi connectivity index (χ4v) is 2.93. The number of hydrogen-bond acceptors (Lipinski definition) is 3. The smallest absolute Gasteiger partial charge is 0.175 e. The van der Waals surface area contributed by atoms with Gasteiger partial charge in [-0.2, -0.15) is 0 Å². The van der Waals surface area contributed by atoms with E-state index in [4.69, 9.17) is 0 Å². The van der Waals surface area contributed by atoms with Gasteiger partial charge < -0.3 is 9.88 Å². The second-order valence-electron chi connectivity index (χ2n) is 5.11. The summed E-state index contributed by atoms with van der Waals surface area (Å²) in [6.45, 7) is 2.11. The number of sulfone groups is 1. The third-order valence-electron chi connectivity index (χ3n) is 3.49. The molecule has 0 saturated carbocycles. The maximum Gasteiger partial charge on any atom is 0.175 e. The molecule has 0 saturated heterocycles. The average Bonchev–Trinajstić information content (AvgIpc) is 2.65. The monoisotopic (exact) mass is 280 g/mol. The molecule has 0 bridgehead atoms. The van der Waals surface area contributed by atoms with Crippen molar-refractivity contribution in [3.8, 4) is 0 Å². The molecule has 0 aliphatic carbocycles. The summed E-state index contributed by atoms with van der Waals surface area (Å²) in [6.07, 6.45) is 4.19. The Hall–Kier alpha value is -1.33. The molecule has 19 heavy (non-hydrogen) atoms. The first-order valence-corrected chi connectivity index (χ1v) is 8.17. The highest BCUT2D eigenvalue weighted by atomic mass is 32.2. The van der Waals surface area contributed by atoms with Crippen molar-refractivity contribution in [1.82, 2.24) is 9.88 Å². The van der Waals surface area contributed by atoms with Crippen molar-refractivity contribution in [2.45, 2.75) is 24.3 Å². The van der Waals surface area contributed by atoms with Gasteiger partial charge in [-0.1, -0.05) is 0 Å². The molecule has 1 heterocycles. The number of rotatable bonds is 4. The number of aromatic nitrogens is 1. The quantitative estimate of drug-likeness (QED) is 0.928.